The van der Waals surface area contributed by atoms with Gasteiger partial charge in [-0.25, -0.2) is 0 Å². The summed E-state index contributed by atoms with van der Waals surface area (Å²) in [4.78, 5) is 11.2. The van der Waals surface area contributed by atoms with Crippen molar-refractivity contribution in [2.75, 3.05) is 7.11 Å². The average Bonchev–Trinajstić information content (AvgIpc) is 2.39. The summed E-state index contributed by atoms with van der Waals surface area (Å²) in [6.07, 6.45) is 5.48. The highest BCUT2D eigenvalue weighted by atomic mass is 16.5. The van der Waals surface area contributed by atoms with Crippen LogP contribution in [0.1, 0.15) is 6.42 Å². The third-order valence-electron chi connectivity index (χ3n) is 2.09. The predicted octanol–water partition coefficient (Wildman–Crippen LogP) is 0.813. The van der Waals surface area contributed by atoms with Crippen molar-refractivity contribution in [2.24, 2.45) is 0 Å². The van der Waals surface area contributed by atoms with Crippen molar-refractivity contribution >= 4 is 5.78 Å². The van der Waals surface area contributed by atoms with Crippen LogP contribution in [0.25, 0.3) is 0 Å². The maximum Gasteiger partial charge on any atom is 0.188 e. The van der Waals surface area contributed by atoms with Gasteiger partial charge in [-0.3, -0.25) is 4.79 Å². The topological polar surface area (TPSA) is 35.5 Å². The fourth-order valence-corrected chi connectivity index (χ4v) is 1.56. The van der Waals surface area contributed by atoms with Gasteiger partial charge < -0.3 is 9.47 Å². The first-order valence-corrected chi connectivity index (χ1v) is 3.90. The molecule has 3 nitrogen and oxygen atoms in total. The molecule has 0 aromatic carbocycles. The summed E-state index contributed by atoms with van der Waals surface area (Å²) in [5.41, 5.74) is 0.942. The van der Waals surface area contributed by atoms with Crippen molar-refractivity contribution < 1.29 is 14.3 Å². The Balaban J connectivity index is 2.25. The van der Waals surface area contributed by atoms with Crippen LogP contribution < -0.4 is 0 Å². The summed E-state index contributed by atoms with van der Waals surface area (Å²) in [6.45, 7) is 0. The summed E-state index contributed by atoms with van der Waals surface area (Å²) in [7, 11) is 1.58. The van der Waals surface area contributed by atoms with E-state index >= 15 is 0 Å². The number of ether oxygens (including phenoxy) is 2. The number of ketones is 1. The lowest BCUT2D eigenvalue weighted by molar-refractivity contribution is -0.124. The van der Waals surface area contributed by atoms with Gasteiger partial charge in [0.15, 0.2) is 5.78 Å². The molecule has 64 valence electrons. The van der Waals surface area contributed by atoms with Gasteiger partial charge in [0.1, 0.15) is 6.10 Å². The Morgan fingerprint density at radius 2 is 2.58 bits per heavy atom. The Morgan fingerprint density at radius 1 is 1.75 bits per heavy atom. The minimum Gasteiger partial charge on any atom is -0.504 e. The highest BCUT2D eigenvalue weighted by molar-refractivity contribution is 5.97. The third kappa shape index (κ3) is 1.06. The highest BCUT2D eigenvalue weighted by Crippen LogP contribution is 2.30. The number of methoxy groups -OCH3 is 1. The van der Waals surface area contributed by atoms with E-state index in [2.05, 4.69) is 0 Å². The Kier molecular flexibility index (Phi) is 1.73. The first-order chi connectivity index (χ1) is 5.81. The standard InChI is InChI=1S/C9H10O3/c1-11-5-6-4-7-2-3-8(10)9(6)12-7/h2-3,5,7,9H,4H2,1H3/b6-5+/t7-,9-/m0/s1. The molecule has 0 saturated carbocycles. The number of hydrogen-bond acceptors (Lipinski definition) is 3. The van der Waals surface area contributed by atoms with Gasteiger partial charge in [-0.15, -0.1) is 0 Å². The van der Waals surface area contributed by atoms with E-state index in [1.54, 1.807) is 25.5 Å². The van der Waals surface area contributed by atoms with Crippen molar-refractivity contribution in [3.05, 3.63) is 24.0 Å². The van der Waals surface area contributed by atoms with Crippen molar-refractivity contribution in [1.82, 2.24) is 0 Å². The van der Waals surface area contributed by atoms with E-state index in [4.69, 9.17) is 9.47 Å². The van der Waals surface area contributed by atoms with Crippen LogP contribution in [0.4, 0.5) is 0 Å². The number of rotatable bonds is 1. The first kappa shape index (κ1) is 7.55. The van der Waals surface area contributed by atoms with E-state index < -0.39 is 0 Å². The van der Waals surface area contributed by atoms with E-state index in [9.17, 15) is 4.79 Å². The van der Waals surface area contributed by atoms with Gasteiger partial charge in [0, 0.05) is 12.0 Å². The molecule has 3 heteroatoms. The highest BCUT2D eigenvalue weighted by Gasteiger charge is 2.36. The minimum absolute atomic E-state index is 0.0204. The van der Waals surface area contributed by atoms with E-state index in [1.165, 1.54) is 0 Å². The predicted molar refractivity (Wildman–Crippen MR) is 42.5 cm³/mol. The zero-order chi connectivity index (χ0) is 8.55. The van der Waals surface area contributed by atoms with Crippen LogP contribution >= 0.6 is 0 Å². The van der Waals surface area contributed by atoms with E-state index in [1.807, 2.05) is 0 Å². The fraction of sp³-hybridized carbons (Fsp3) is 0.444. The summed E-state index contributed by atoms with van der Waals surface area (Å²) < 4.78 is 10.3. The maximum atomic E-state index is 11.2. The second-order valence-corrected chi connectivity index (χ2v) is 2.95. The van der Waals surface area contributed by atoms with Gasteiger partial charge in [-0.1, -0.05) is 6.08 Å². The molecule has 2 aliphatic heterocycles. The van der Waals surface area contributed by atoms with Gasteiger partial charge in [0.05, 0.1) is 19.5 Å². The Hall–Kier alpha value is -1.09. The smallest absolute Gasteiger partial charge is 0.188 e. The van der Waals surface area contributed by atoms with Crippen LogP contribution in [0.5, 0.6) is 0 Å². The number of fused-ring (bicyclic) bond motifs is 2. The molecule has 12 heavy (non-hydrogen) atoms. The molecule has 0 unspecified atom stereocenters. The van der Waals surface area contributed by atoms with Crippen LogP contribution in [0, 0.1) is 0 Å². The lowest BCUT2D eigenvalue weighted by atomic mass is 10.1. The van der Waals surface area contributed by atoms with E-state index in [0.717, 1.165) is 12.0 Å². The molecule has 0 aromatic rings. The second-order valence-electron chi connectivity index (χ2n) is 2.95. The van der Waals surface area contributed by atoms with Crippen LogP contribution in [-0.4, -0.2) is 25.1 Å². The summed E-state index contributed by atoms with van der Waals surface area (Å²) in [5, 5.41) is 0. The molecule has 0 radical (unpaired) electrons. The number of carbonyl (C=O) groups excluding carboxylic acids is 1. The minimum atomic E-state index is -0.375. The lowest BCUT2D eigenvalue weighted by Gasteiger charge is -2.12. The normalized spacial score (nSPS) is 36.1. The third-order valence-corrected chi connectivity index (χ3v) is 2.09. The zero-order valence-electron chi connectivity index (χ0n) is 6.82. The van der Waals surface area contributed by atoms with Crippen LogP contribution in [0.2, 0.25) is 0 Å². The van der Waals surface area contributed by atoms with Gasteiger partial charge in [0.25, 0.3) is 0 Å². The Morgan fingerprint density at radius 3 is 3.33 bits per heavy atom. The maximum absolute atomic E-state index is 11.2. The molecule has 2 bridgehead atoms. The van der Waals surface area contributed by atoms with Crippen molar-refractivity contribution in [3.8, 4) is 0 Å². The number of hydrogen-bond donors (Lipinski definition) is 0. The largest absolute Gasteiger partial charge is 0.504 e. The molecular weight excluding hydrogens is 156 g/mol. The van der Waals surface area contributed by atoms with Crippen molar-refractivity contribution in [3.63, 3.8) is 0 Å². The van der Waals surface area contributed by atoms with Gasteiger partial charge in [-0.05, 0) is 6.08 Å². The number of carbonyl (C=O) groups is 1. The summed E-state index contributed by atoms with van der Waals surface area (Å²) in [5.74, 6) is 0.0204. The summed E-state index contributed by atoms with van der Waals surface area (Å²) >= 11 is 0. The SMILES string of the molecule is CO/C=C1\C[C@@H]2C=CC(=O)[C@H]1O2. The van der Waals surface area contributed by atoms with Crippen LogP contribution in [-0.2, 0) is 14.3 Å². The fourth-order valence-electron chi connectivity index (χ4n) is 1.56. The van der Waals surface area contributed by atoms with Crippen molar-refractivity contribution in [2.45, 2.75) is 18.6 Å². The lowest BCUT2D eigenvalue weighted by Crippen LogP contribution is -2.23. The van der Waals surface area contributed by atoms with Gasteiger partial charge in [0.2, 0.25) is 0 Å². The molecule has 2 atom stereocenters. The second kappa shape index (κ2) is 2.75. The molecule has 0 spiro atoms. The van der Waals surface area contributed by atoms with Gasteiger partial charge in [-0.2, -0.15) is 0 Å². The Bertz CT molecular complexity index is 265. The molecule has 2 heterocycles. The summed E-state index contributed by atoms with van der Waals surface area (Å²) in [6, 6.07) is 0. The molecule has 2 aliphatic rings. The van der Waals surface area contributed by atoms with Gasteiger partial charge >= 0.3 is 0 Å². The molecule has 2 rings (SSSR count). The van der Waals surface area contributed by atoms with Crippen LogP contribution in [0.3, 0.4) is 0 Å². The molecule has 1 fully saturated rings. The van der Waals surface area contributed by atoms with Crippen molar-refractivity contribution in [1.29, 1.82) is 0 Å². The first-order valence-electron chi connectivity index (χ1n) is 3.90. The quantitative estimate of drug-likeness (QED) is 0.541. The van der Waals surface area contributed by atoms with Crippen LogP contribution in [0.15, 0.2) is 24.0 Å². The average molecular weight is 166 g/mol. The molecule has 0 amide bonds. The monoisotopic (exact) mass is 166 g/mol. The van der Waals surface area contributed by atoms with E-state index in [0.29, 0.717) is 0 Å². The molecule has 0 aromatic heterocycles. The molecule has 0 aliphatic carbocycles. The molecule has 1 saturated heterocycles. The van der Waals surface area contributed by atoms with E-state index in [-0.39, 0.29) is 18.0 Å². The Labute approximate surface area is 70.7 Å². The molecular formula is C9H10O3. The molecule has 0 N–H and O–H groups in total. The zero-order valence-corrected chi connectivity index (χ0v) is 6.82.